The number of benzene rings is 2. The number of imide groups is 2. The summed E-state index contributed by atoms with van der Waals surface area (Å²) in [6.45, 7) is 1.83. The van der Waals surface area contributed by atoms with Gasteiger partial charge in [-0.1, -0.05) is 0 Å². The average molecular weight is 591 g/mol. The molecule has 0 atom stereocenters. The van der Waals surface area contributed by atoms with E-state index >= 15 is 0 Å². The molecular formula is C24H22IN3O7. The molecule has 10 nitrogen and oxygen atoms in total. The third kappa shape index (κ3) is 4.81. The molecule has 4 rings (SSSR count). The molecule has 2 aliphatic heterocycles. The minimum Gasteiger partial charge on any atom is -0.492 e. The van der Waals surface area contributed by atoms with Crippen LogP contribution in [-0.4, -0.2) is 56.1 Å². The zero-order valence-electron chi connectivity index (χ0n) is 19.2. The normalized spacial score (nSPS) is 15.9. The number of carbonyl (C=O) groups is 4. The largest absolute Gasteiger partial charge is 0.492 e. The van der Waals surface area contributed by atoms with Crippen molar-refractivity contribution < 1.29 is 33.4 Å². The van der Waals surface area contributed by atoms with E-state index in [9.17, 15) is 19.2 Å². The predicted molar refractivity (Wildman–Crippen MR) is 134 cm³/mol. The van der Waals surface area contributed by atoms with Crippen molar-refractivity contribution in [2.24, 2.45) is 0 Å². The zero-order chi connectivity index (χ0) is 25.3. The number of hydrogen-bond donors (Lipinski definition) is 1. The Hall–Kier alpha value is -3.61. The van der Waals surface area contributed by atoms with Gasteiger partial charge in [-0.05, 0) is 71.0 Å². The van der Waals surface area contributed by atoms with Crippen LogP contribution in [0.25, 0.3) is 6.08 Å². The van der Waals surface area contributed by atoms with Crippen LogP contribution >= 0.6 is 22.6 Å². The number of rotatable bonds is 6. The fourth-order valence-electron chi connectivity index (χ4n) is 3.72. The first-order chi connectivity index (χ1) is 16.7. The molecule has 0 saturated carbocycles. The van der Waals surface area contributed by atoms with Crippen molar-refractivity contribution in [3.8, 4) is 17.2 Å². The molecule has 11 heteroatoms. The van der Waals surface area contributed by atoms with Gasteiger partial charge in [0, 0.05) is 29.6 Å². The summed E-state index contributed by atoms with van der Waals surface area (Å²) >= 11 is 2.11. The standard InChI is InChI=1S/C24H22IN3O7/c1-13(29)27(2)9-8-14-10-19-21(35-12-34-19)20(33-3)17(14)11-18-22(30)26-24(32)28(23(18)31)16-6-4-15(25)5-7-16/h4-7,10-11H,8-9,12H2,1-3H3,(H,26,30,32). The van der Waals surface area contributed by atoms with Gasteiger partial charge in [0.05, 0.1) is 12.8 Å². The lowest BCUT2D eigenvalue weighted by Crippen LogP contribution is -2.54. The van der Waals surface area contributed by atoms with E-state index in [2.05, 4.69) is 27.9 Å². The van der Waals surface area contributed by atoms with Crippen molar-refractivity contribution in [2.45, 2.75) is 13.3 Å². The van der Waals surface area contributed by atoms with E-state index < -0.39 is 17.8 Å². The van der Waals surface area contributed by atoms with Crippen molar-refractivity contribution in [1.29, 1.82) is 0 Å². The lowest BCUT2D eigenvalue weighted by Gasteiger charge is -2.26. The lowest BCUT2D eigenvalue weighted by atomic mass is 9.98. The molecule has 0 radical (unpaired) electrons. The highest BCUT2D eigenvalue weighted by molar-refractivity contribution is 14.1. The topological polar surface area (TPSA) is 114 Å². The first kappa shape index (κ1) is 24.5. The number of likely N-dealkylation sites (N-methyl/N-ethyl adjacent to an activating group) is 1. The van der Waals surface area contributed by atoms with Gasteiger partial charge in [-0.2, -0.15) is 0 Å². The SMILES string of the molecule is COc1c(C=C2C(=O)NC(=O)N(c3ccc(I)cc3)C2=O)c(CCN(C)C(C)=O)cc2c1OCO2. The second-order valence-corrected chi connectivity index (χ2v) is 9.09. The second-order valence-electron chi connectivity index (χ2n) is 7.84. The number of fused-ring (bicyclic) bond motifs is 1. The Kier molecular flexibility index (Phi) is 6.96. The van der Waals surface area contributed by atoms with Crippen LogP contribution in [0.4, 0.5) is 10.5 Å². The molecule has 0 unspecified atom stereocenters. The zero-order valence-corrected chi connectivity index (χ0v) is 21.4. The van der Waals surface area contributed by atoms with Crippen molar-refractivity contribution in [3.63, 3.8) is 0 Å². The molecular weight excluding hydrogens is 569 g/mol. The average Bonchev–Trinajstić information content (AvgIpc) is 3.29. The number of amides is 5. The maximum absolute atomic E-state index is 13.4. The number of barbiturate groups is 1. The van der Waals surface area contributed by atoms with Crippen LogP contribution in [0.5, 0.6) is 17.2 Å². The molecule has 2 aliphatic rings. The smallest absolute Gasteiger partial charge is 0.335 e. The highest BCUT2D eigenvalue weighted by Crippen LogP contribution is 2.46. The van der Waals surface area contributed by atoms with Crippen LogP contribution in [0, 0.1) is 3.57 Å². The van der Waals surface area contributed by atoms with Crippen LogP contribution in [0.15, 0.2) is 35.9 Å². The fraction of sp³-hybridized carbons (Fsp3) is 0.250. The molecule has 0 spiro atoms. The molecule has 0 aromatic heterocycles. The molecule has 2 aromatic rings. The Bertz CT molecular complexity index is 1260. The number of carbonyl (C=O) groups excluding carboxylic acids is 4. The van der Waals surface area contributed by atoms with Crippen molar-refractivity contribution in [2.75, 3.05) is 32.4 Å². The van der Waals surface area contributed by atoms with E-state index in [4.69, 9.17) is 14.2 Å². The Labute approximate surface area is 214 Å². The number of hydrogen-bond acceptors (Lipinski definition) is 7. The van der Waals surface area contributed by atoms with Crippen molar-refractivity contribution in [1.82, 2.24) is 10.2 Å². The summed E-state index contributed by atoms with van der Waals surface area (Å²) in [6, 6.07) is 7.65. The Morgan fingerprint density at radius 1 is 1.23 bits per heavy atom. The minimum absolute atomic E-state index is 0.00693. The first-order valence-corrected chi connectivity index (χ1v) is 11.7. The number of halogens is 1. The van der Waals surface area contributed by atoms with Gasteiger partial charge in [-0.25, -0.2) is 9.69 Å². The Morgan fingerprint density at radius 3 is 2.60 bits per heavy atom. The van der Waals surface area contributed by atoms with Crippen molar-refractivity contribution in [3.05, 3.63) is 50.6 Å². The van der Waals surface area contributed by atoms with Crippen LogP contribution < -0.4 is 24.4 Å². The summed E-state index contributed by atoms with van der Waals surface area (Å²) in [6.07, 6.45) is 1.77. The van der Waals surface area contributed by atoms with Gasteiger partial charge < -0.3 is 19.1 Å². The van der Waals surface area contributed by atoms with E-state index in [-0.39, 0.29) is 24.0 Å². The van der Waals surface area contributed by atoms with Crippen LogP contribution in [0.2, 0.25) is 0 Å². The predicted octanol–water partition coefficient (Wildman–Crippen LogP) is 2.72. The number of anilines is 1. The van der Waals surface area contributed by atoms with E-state index in [1.54, 1.807) is 42.3 Å². The molecule has 1 saturated heterocycles. The van der Waals surface area contributed by atoms with E-state index in [1.807, 2.05) is 0 Å². The van der Waals surface area contributed by atoms with Gasteiger partial charge in [0.1, 0.15) is 5.57 Å². The number of methoxy groups -OCH3 is 1. The van der Waals surface area contributed by atoms with E-state index in [1.165, 1.54) is 20.1 Å². The number of nitrogens with one attached hydrogen (secondary N) is 1. The molecule has 35 heavy (non-hydrogen) atoms. The fourth-order valence-corrected chi connectivity index (χ4v) is 4.08. The van der Waals surface area contributed by atoms with E-state index in [0.29, 0.717) is 41.3 Å². The van der Waals surface area contributed by atoms with Crippen LogP contribution in [0.1, 0.15) is 18.1 Å². The van der Waals surface area contributed by atoms with Gasteiger partial charge in [0.15, 0.2) is 11.5 Å². The van der Waals surface area contributed by atoms with Gasteiger partial charge in [-0.3, -0.25) is 19.7 Å². The molecule has 0 aliphatic carbocycles. The summed E-state index contributed by atoms with van der Waals surface area (Å²) in [5.41, 5.74) is 1.17. The second kappa shape index (κ2) is 9.94. The summed E-state index contributed by atoms with van der Waals surface area (Å²) in [5, 5.41) is 2.23. The molecule has 5 amide bonds. The molecule has 1 N–H and O–H groups in total. The van der Waals surface area contributed by atoms with Gasteiger partial charge in [-0.15, -0.1) is 0 Å². The molecule has 2 heterocycles. The maximum Gasteiger partial charge on any atom is 0.335 e. The van der Waals surface area contributed by atoms with E-state index in [0.717, 1.165) is 8.47 Å². The highest BCUT2D eigenvalue weighted by atomic mass is 127. The molecule has 2 aromatic carbocycles. The molecule has 0 bridgehead atoms. The van der Waals surface area contributed by atoms with Crippen molar-refractivity contribution >= 4 is 58.1 Å². The van der Waals surface area contributed by atoms with Gasteiger partial charge in [0.2, 0.25) is 18.4 Å². The van der Waals surface area contributed by atoms with Gasteiger partial charge in [0.25, 0.3) is 11.8 Å². The highest BCUT2D eigenvalue weighted by Gasteiger charge is 2.37. The summed E-state index contributed by atoms with van der Waals surface area (Å²) in [7, 11) is 3.11. The minimum atomic E-state index is -0.834. The monoisotopic (exact) mass is 591 g/mol. The van der Waals surface area contributed by atoms with Crippen LogP contribution in [0.3, 0.4) is 0 Å². The lowest BCUT2D eigenvalue weighted by molar-refractivity contribution is -0.127. The quantitative estimate of drug-likeness (QED) is 0.312. The van der Waals surface area contributed by atoms with Crippen LogP contribution in [-0.2, 0) is 20.8 Å². The summed E-state index contributed by atoms with van der Waals surface area (Å²) in [5.74, 6) is -0.617. The Balaban J connectivity index is 1.80. The third-order valence-electron chi connectivity index (χ3n) is 5.68. The molecule has 182 valence electrons. The Morgan fingerprint density at radius 2 is 1.94 bits per heavy atom. The summed E-state index contributed by atoms with van der Waals surface area (Å²) in [4.78, 5) is 52.8. The first-order valence-electron chi connectivity index (χ1n) is 10.6. The maximum atomic E-state index is 13.4. The number of urea groups is 1. The third-order valence-corrected chi connectivity index (χ3v) is 6.40. The molecule has 1 fully saturated rings. The number of nitrogens with zero attached hydrogens (tertiary/aromatic N) is 2. The van der Waals surface area contributed by atoms with Gasteiger partial charge >= 0.3 is 6.03 Å². The summed E-state index contributed by atoms with van der Waals surface area (Å²) < 4.78 is 17.6. The number of ether oxygens (including phenoxy) is 3.